The van der Waals surface area contributed by atoms with Crippen molar-refractivity contribution in [3.8, 4) is 11.5 Å². The van der Waals surface area contributed by atoms with Crippen LogP contribution < -0.4 is 9.47 Å². The number of ether oxygens (including phenoxy) is 2. The highest BCUT2D eigenvalue weighted by Crippen LogP contribution is 2.42. The Morgan fingerprint density at radius 1 is 1.27 bits per heavy atom. The number of nitrogens with zero attached hydrogens (tertiary/aromatic N) is 3. The van der Waals surface area contributed by atoms with Gasteiger partial charge in [-0.25, -0.2) is 0 Å². The van der Waals surface area contributed by atoms with E-state index in [1.165, 1.54) is 11.8 Å². The maximum absolute atomic E-state index is 13.0. The van der Waals surface area contributed by atoms with E-state index in [1.54, 1.807) is 25.6 Å². The van der Waals surface area contributed by atoms with E-state index in [4.69, 9.17) is 9.47 Å². The van der Waals surface area contributed by atoms with Crippen molar-refractivity contribution in [1.82, 2.24) is 13.6 Å². The molecule has 0 spiro atoms. The van der Waals surface area contributed by atoms with Crippen LogP contribution in [0.15, 0.2) is 35.8 Å². The molecule has 0 bridgehead atoms. The number of carbonyl (C=O) groups is 1. The molecule has 6 nitrogen and oxygen atoms in total. The molecule has 134 valence electrons. The lowest BCUT2D eigenvalue weighted by atomic mass is 9.90. The molecule has 0 saturated heterocycles. The van der Waals surface area contributed by atoms with Gasteiger partial charge >= 0.3 is 0 Å². The Morgan fingerprint density at radius 2 is 2.08 bits per heavy atom. The Labute approximate surface area is 159 Å². The van der Waals surface area contributed by atoms with Crippen LogP contribution in [0.3, 0.4) is 0 Å². The van der Waals surface area contributed by atoms with Gasteiger partial charge in [-0.3, -0.25) is 4.79 Å². The van der Waals surface area contributed by atoms with E-state index in [2.05, 4.69) is 14.8 Å². The highest BCUT2D eigenvalue weighted by molar-refractivity contribution is 7.10. The van der Waals surface area contributed by atoms with Gasteiger partial charge in [-0.2, -0.15) is 8.75 Å². The number of aromatic nitrogens is 2. The molecule has 1 aromatic carbocycles. The molecule has 8 heteroatoms. The molecule has 4 rings (SSSR count). The molecule has 3 aromatic rings. The first-order chi connectivity index (χ1) is 12.7. The third-order valence-electron chi connectivity index (χ3n) is 4.53. The fraction of sp³-hybridized carbons (Fsp3) is 0.278. The number of amides is 1. The van der Waals surface area contributed by atoms with E-state index in [1.807, 2.05) is 28.5 Å². The van der Waals surface area contributed by atoms with Gasteiger partial charge in [0, 0.05) is 11.4 Å². The van der Waals surface area contributed by atoms with Crippen molar-refractivity contribution in [2.45, 2.75) is 12.5 Å². The molecule has 26 heavy (non-hydrogen) atoms. The first-order valence-corrected chi connectivity index (χ1v) is 9.70. The van der Waals surface area contributed by atoms with Gasteiger partial charge in [-0.15, -0.1) is 11.3 Å². The second-order valence-corrected chi connectivity index (χ2v) is 7.40. The normalized spacial score (nSPS) is 16.2. The van der Waals surface area contributed by atoms with Crippen molar-refractivity contribution in [2.24, 2.45) is 0 Å². The van der Waals surface area contributed by atoms with Crippen molar-refractivity contribution < 1.29 is 14.3 Å². The van der Waals surface area contributed by atoms with E-state index in [9.17, 15) is 4.79 Å². The molecule has 0 aliphatic carbocycles. The molecule has 3 heterocycles. The predicted octanol–water partition coefficient (Wildman–Crippen LogP) is 3.40. The third-order valence-corrected chi connectivity index (χ3v) is 5.93. The van der Waals surface area contributed by atoms with Gasteiger partial charge in [0.15, 0.2) is 17.2 Å². The number of carbonyl (C=O) groups excluding carboxylic acids is 1. The molecule has 0 N–H and O–H groups in total. The van der Waals surface area contributed by atoms with Gasteiger partial charge < -0.3 is 14.4 Å². The summed E-state index contributed by atoms with van der Waals surface area (Å²) in [6.07, 6.45) is 2.28. The summed E-state index contributed by atoms with van der Waals surface area (Å²) in [5.74, 6) is 1.27. The van der Waals surface area contributed by atoms with E-state index < -0.39 is 0 Å². The van der Waals surface area contributed by atoms with E-state index in [0.29, 0.717) is 23.7 Å². The van der Waals surface area contributed by atoms with Gasteiger partial charge in [0.05, 0.1) is 38.2 Å². The fourth-order valence-electron chi connectivity index (χ4n) is 3.32. The average Bonchev–Trinajstić information content (AvgIpc) is 3.39. The van der Waals surface area contributed by atoms with Crippen LogP contribution in [0.25, 0.3) is 0 Å². The maximum Gasteiger partial charge on any atom is 0.276 e. The van der Waals surface area contributed by atoms with Crippen LogP contribution >= 0.6 is 23.1 Å². The number of fused-ring (bicyclic) bond motifs is 1. The monoisotopic (exact) mass is 387 g/mol. The second kappa shape index (κ2) is 7.05. The van der Waals surface area contributed by atoms with Crippen LogP contribution in [0.5, 0.6) is 11.5 Å². The smallest absolute Gasteiger partial charge is 0.276 e. The van der Waals surface area contributed by atoms with Crippen LogP contribution in [0.1, 0.15) is 32.5 Å². The van der Waals surface area contributed by atoms with Crippen LogP contribution in [0.2, 0.25) is 0 Å². The fourth-order valence-corrected chi connectivity index (χ4v) is 4.59. The quantitative estimate of drug-likeness (QED) is 0.686. The largest absolute Gasteiger partial charge is 0.493 e. The van der Waals surface area contributed by atoms with Crippen LogP contribution in [0.4, 0.5) is 0 Å². The Bertz CT molecular complexity index is 910. The summed E-state index contributed by atoms with van der Waals surface area (Å²) in [6.45, 7) is 0.613. The van der Waals surface area contributed by atoms with Crippen LogP contribution in [-0.2, 0) is 6.42 Å². The topological polar surface area (TPSA) is 64.6 Å². The third kappa shape index (κ3) is 2.85. The Morgan fingerprint density at radius 3 is 2.73 bits per heavy atom. The standard InChI is InChI=1S/C18H17N3O3S2/c1-23-14-8-11-5-6-21(18(22)13-10-19-26-20-13)17(16-4-3-7-25-16)12(11)9-15(14)24-2/h3-4,7-10,17H,5-6H2,1-2H3/t17-/m1/s1. The lowest BCUT2D eigenvalue weighted by molar-refractivity contribution is 0.0692. The number of methoxy groups -OCH3 is 2. The molecule has 2 aromatic heterocycles. The number of hydrogen-bond donors (Lipinski definition) is 0. The summed E-state index contributed by atoms with van der Waals surface area (Å²) in [4.78, 5) is 16.0. The van der Waals surface area contributed by atoms with Crippen molar-refractivity contribution in [3.05, 3.63) is 57.5 Å². The lowest BCUT2D eigenvalue weighted by Gasteiger charge is -2.37. The zero-order valence-corrected chi connectivity index (χ0v) is 16.0. The first-order valence-electron chi connectivity index (χ1n) is 8.09. The molecule has 1 aliphatic rings. The Kier molecular flexibility index (Phi) is 4.60. The van der Waals surface area contributed by atoms with Crippen molar-refractivity contribution >= 4 is 29.0 Å². The number of hydrogen-bond acceptors (Lipinski definition) is 7. The number of thiophene rings is 1. The number of rotatable bonds is 4. The van der Waals surface area contributed by atoms with Crippen molar-refractivity contribution in [2.75, 3.05) is 20.8 Å². The summed E-state index contributed by atoms with van der Waals surface area (Å²) in [6, 6.07) is 7.88. The van der Waals surface area contributed by atoms with Crippen LogP contribution in [0, 0.1) is 0 Å². The van der Waals surface area contributed by atoms with E-state index >= 15 is 0 Å². The van der Waals surface area contributed by atoms with Gasteiger partial charge in [0.2, 0.25) is 0 Å². The highest BCUT2D eigenvalue weighted by atomic mass is 32.1. The van der Waals surface area contributed by atoms with Gasteiger partial charge in [0.1, 0.15) is 0 Å². The summed E-state index contributed by atoms with van der Waals surface area (Å²) in [5.41, 5.74) is 2.62. The van der Waals surface area contributed by atoms with Gasteiger partial charge in [-0.1, -0.05) is 6.07 Å². The summed E-state index contributed by atoms with van der Waals surface area (Å²) < 4.78 is 19.0. The molecule has 1 atom stereocenters. The summed E-state index contributed by atoms with van der Waals surface area (Å²) >= 11 is 2.68. The zero-order valence-electron chi connectivity index (χ0n) is 14.3. The van der Waals surface area contributed by atoms with Crippen molar-refractivity contribution in [1.29, 1.82) is 0 Å². The molecule has 1 aliphatic heterocycles. The molecule has 0 unspecified atom stereocenters. The highest BCUT2D eigenvalue weighted by Gasteiger charge is 2.35. The molecule has 0 fully saturated rings. The molecular formula is C18H17N3O3S2. The van der Waals surface area contributed by atoms with Gasteiger partial charge in [0.25, 0.3) is 5.91 Å². The molecule has 0 saturated carbocycles. The lowest BCUT2D eigenvalue weighted by Crippen LogP contribution is -2.40. The maximum atomic E-state index is 13.0. The predicted molar refractivity (Wildman–Crippen MR) is 100 cm³/mol. The molecular weight excluding hydrogens is 370 g/mol. The first kappa shape index (κ1) is 17.0. The van der Waals surface area contributed by atoms with Crippen molar-refractivity contribution in [3.63, 3.8) is 0 Å². The Hall–Kier alpha value is -2.45. The average molecular weight is 387 g/mol. The SMILES string of the molecule is COc1cc2c(cc1OC)[C@H](c1cccs1)N(C(=O)c1cnsn1)CC2. The summed E-state index contributed by atoms with van der Waals surface area (Å²) in [5, 5.41) is 2.03. The van der Waals surface area contributed by atoms with Crippen LogP contribution in [-0.4, -0.2) is 40.3 Å². The molecule has 0 radical (unpaired) electrons. The number of benzene rings is 1. The van der Waals surface area contributed by atoms with E-state index in [-0.39, 0.29) is 11.9 Å². The zero-order chi connectivity index (χ0) is 18.1. The Balaban J connectivity index is 1.83. The van der Waals surface area contributed by atoms with E-state index in [0.717, 1.165) is 28.6 Å². The minimum absolute atomic E-state index is 0.0995. The summed E-state index contributed by atoms with van der Waals surface area (Å²) in [7, 11) is 3.26. The molecule has 1 amide bonds. The minimum Gasteiger partial charge on any atom is -0.493 e. The second-order valence-electron chi connectivity index (χ2n) is 5.87. The van der Waals surface area contributed by atoms with Gasteiger partial charge in [-0.05, 0) is 41.1 Å². The minimum atomic E-state index is -0.173.